The lowest BCUT2D eigenvalue weighted by Crippen LogP contribution is -2.27. The molecule has 0 aliphatic heterocycles. The van der Waals surface area contributed by atoms with Crippen molar-refractivity contribution in [2.75, 3.05) is 13.6 Å². The summed E-state index contributed by atoms with van der Waals surface area (Å²) >= 11 is 0. The minimum atomic E-state index is 0.121. The second-order valence-corrected chi connectivity index (χ2v) is 4.13. The first-order chi connectivity index (χ1) is 8.69. The minimum absolute atomic E-state index is 0.121. The van der Waals surface area contributed by atoms with Gasteiger partial charge in [-0.1, -0.05) is 46.2 Å². The van der Waals surface area contributed by atoms with Crippen LogP contribution in [0.4, 0.5) is 0 Å². The Bertz CT molecular complexity index is 329. The summed E-state index contributed by atoms with van der Waals surface area (Å²) in [6.45, 7) is 9.09. The summed E-state index contributed by atoms with van der Waals surface area (Å²) in [5, 5.41) is 0. The lowest BCUT2D eigenvalue weighted by Gasteiger charge is -2.16. The summed E-state index contributed by atoms with van der Waals surface area (Å²) in [4.78, 5) is 13.8. The average Bonchev–Trinajstić information content (AvgIpc) is 2.46. The highest BCUT2D eigenvalue weighted by Crippen LogP contribution is 2.08. The van der Waals surface area contributed by atoms with Crippen LogP contribution in [0.2, 0.25) is 0 Å². The first-order valence-electron chi connectivity index (χ1n) is 7.03. The number of rotatable bonds is 5. The number of hydrogen-bond donors (Lipinski definition) is 0. The number of aryl methyl sites for hydroxylation is 1. The molecule has 0 bridgehead atoms. The molecule has 0 aliphatic rings. The Morgan fingerprint density at radius 3 is 2.11 bits per heavy atom. The van der Waals surface area contributed by atoms with E-state index in [9.17, 15) is 4.79 Å². The van der Waals surface area contributed by atoms with Crippen LogP contribution in [0, 0.1) is 0 Å². The predicted octanol–water partition coefficient (Wildman–Crippen LogP) is 4.15. The summed E-state index contributed by atoms with van der Waals surface area (Å²) in [5.74, 6) is 0.121. The average molecular weight is 249 g/mol. The molecule has 0 aromatic heterocycles. The monoisotopic (exact) mass is 249 g/mol. The van der Waals surface area contributed by atoms with E-state index in [1.807, 2.05) is 45.2 Å². The van der Waals surface area contributed by atoms with Crippen molar-refractivity contribution in [1.29, 1.82) is 0 Å². The standard InChI is InChI=1S/C14H21NO.C2H6/c1-4-6-11-15(3)14(16)13-9-7-12(5-2)8-10-13;1-2/h7-10H,4-6,11H2,1-3H3;1-2H3. The first kappa shape index (κ1) is 16.7. The quantitative estimate of drug-likeness (QED) is 0.767. The smallest absolute Gasteiger partial charge is 0.253 e. The molecule has 0 N–H and O–H groups in total. The molecule has 1 aromatic carbocycles. The molecule has 0 saturated carbocycles. The zero-order chi connectivity index (χ0) is 14.0. The van der Waals surface area contributed by atoms with Crippen molar-refractivity contribution >= 4 is 5.91 Å². The van der Waals surface area contributed by atoms with Gasteiger partial charge in [-0.15, -0.1) is 0 Å². The van der Waals surface area contributed by atoms with Crippen LogP contribution in [-0.4, -0.2) is 24.4 Å². The van der Waals surface area contributed by atoms with Crippen LogP contribution in [0.25, 0.3) is 0 Å². The molecular weight excluding hydrogens is 222 g/mol. The topological polar surface area (TPSA) is 20.3 Å². The number of carbonyl (C=O) groups is 1. The van der Waals surface area contributed by atoms with Crippen molar-refractivity contribution in [2.45, 2.75) is 47.0 Å². The van der Waals surface area contributed by atoms with Crippen molar-refractivity contribution in [3.05, 3.63) is 35.4 Å². The van der Waals surface area contributed by atoms with Crippen LogP contribution in [-0.2, 0) is 6.42 Å². The van der Waals surface area contributed by atoms with E-state index >= 15 is 0 Å². The van der Waals surface area contributed by atoms with E-state index in [2.05, 4.69) is 13.8 Å². The summed E-state index contributed by atoms with van der Waals surface area (Å²) in [5.41, 5.74) is 2.06. The Labute approximate surface area is 112 Å². The molecule has 0 unspecified atom stereocenters. The van der Waals surface area contributed by atoms with Gasteiger partial charge in [0, 0.05) is 19.2 Å². The molecule has 1 aromatic rings. The molecule has 0 atom stereocenters. The van der Waals surface area contributed by atoms with E-state index in [0.717, 1.165) is 31.4 Å². The Morgan fingerprint density at radius 1 is 1.11 bits per heavy atom. The van der Waals surface area contributed by atoms with Gasteiger partial charge in [-0.3, -0.25) is 4.79 Å². The predicted molar refractivity (Wildman–Crippen MR) is 79.0 cm³/mol. The van der Waals surface area contributed by atoms with E-state index in [1.165, 1.54) is 5.56 Å². The fourth-order valence-corrected chi connectivity index (χ4v) is 1.60. The third kappa shape index (κ3) is 5.35. The Morgan fingerprint density at radius 2 is 1.67 bits per heavy atom. The molecule has 0 fully saturated rings. The highest BCUT2D eigenvalue weighted by molar-refractivity contribution is 5.94. The van der Waals surface area contributed by atoms with E-state index in [4.69, 9.17) is 0 Å². The van der Waals surface area contributed by atoms with Crippen LogP contribution in [0.3, 0.4) is 0 Å². The number of hydrogen-bond acceptors (Lipinski definition) is 1. The van der Waals surface area contributed by atoms with Gasteiger partial charge in [0.2, 0.25) is 0 Å². The van der Waals surface area contributed by atoms with Gasteiger partial charge in [-0.2, -0.15) is 0 Å². The van der Waals surface area contributed by atoms with Gasteiger partial charge in [0.05, 0.1) is 0 Å². The van der Waals surface area contributed by atoms with E-state index < -0.39 is 0 Å². The normalized spacial score (nSPS) is 9.39. The largest absolute Gasteiger partial charge is 0.342 e. The fourth-order valence-electron chi connectivity index (χ4n) is 1.60. The van der Waals surface area contributed by atoms with Crippen LogP contribution >= 0.6 is 0 Å². The number of benzene rings is 1. The molecule has 102 valence electrons. The number of nitrogens with zero attached hydrogens (tertiary/aromatic N) is 1. The van der Waals surface area contributed by atoms with Crippen molar-refractivity contribution in [1.82, 2.24) is 4.90 Å². The zero-order valence-electron chi connectivity index (χ0n) is 12.5. The fraction of sp³-hybridized carbons (Fsp3) is 0.562. The summed E-state index contributed by atoms with van der Waals surface area (Å²) in [7, 11) is 1.87. The van der Waals surface area contributed by atoms with Gasteiger partial charge < -0.3 is 4.90 Å². The molecule has 0 heterocycles. The Balaban J connectivity index is 0.00000137. The maximum absolute atomic E-state index is 12.0. The number of carbonyl (C=O) groups excluding carboxylic acids is 1. The first-order valence-corrected chi connectivity index (χ1v) is 7.03. The van der Waals surface area contributed by atoms with Crippen molar-refractivity contribution in [2.24, 2.45) is 0 Å². The van der Waals surface area contributed by atoms with Crippen molar-refractivity contribution < 1.29 is 4.79 Å². The van der Waals surface area contributed by atoms with Crippen LogP contribution in [0.5, 0.6) is 0 Å². The molecule has 2 nitrogen and oxygen atoms in total. The van der Waals surface area contributed by atoms with E-state index in [-0.39, 0.29) is 5.91 Å². The van der Waals surface area contributed by atoms with E-state index in [0.29, 0.717) is 0 Å². The van der Waals surface area contributed by atoms with Crippen LogP contribution in [0.1, 0.15) is 56.5 Å². The van der Waals surface area contributed by atoms with Crippen LogP contribution in [0.15, 0.2) is 24.3 Å². The summed E-state index contributed by atoms with van der Waals surface area (Å²) in [6, 6.07) is 7.90. The number of unbranched alkanes of at least 4 members (excludes halogenated alkanes) is 1. The molecule has 0 aliphatic carbocycles. The molecule has 18 heavy (non-hydrogen) atoms. The van der Waals surface area contributed by atoms with Gasteiger partial charge in [-0.05, 0) is 30.5 Å². The van der Waals surface area contributed by atoms with Crippen molar-refractivity contribution in [3.8, 4) is 0 Å². The molecule has 0 spiro atoms. The number of amides is 1. The van der Waals surface area contributed by atoms with Crippen LogP contribution < -0.4 is 0 Å². The van der Waals surface area contributed by atoms with E-state index in [1.54, 1.807) is 4.90 Å². The van der Waals surface area contributed by atoms with Gasteiger partial charge in [0.15, 0.2) is 0 Å². The molecule has 1 rings (SSSR count). The van der Waals surface area contributed by atoms with Crippen molar-refractivity contribution in [3.63, 3.8) is 0 Å². The third-order valence-corrected chi connectivity index (χ3v) is 2.80. The molecule has 1 amide bonds. The molecule has 0 radical (unpaired) electrons. The zero-order valence-corrected chi connectivity index (χ0v) is 12.5. The lowest BCUT2D eigenvalue weighted by atomic mass is 10.1. The maximum Gasteiger partial charge on any atom is 0.253 e. The summed E-state index contributed by atoms with van der Waals surface area (Å²) < 4.78 is 0. The van der Waals surface area contributed by atoms with Gasteiger partial charge in [0.1, 0.15) is 0 Å². The summed E-state index contributed by atoms with van der Waals surface area (Å²) in [6.07, 6.45) is 3.20. The second-order valence-electron chi connectivity index (χ2n) is 4.13. The van der Waals surface area contributed by atoms with Gasteiger partial charge >= 0.3 is 0 Å². The Kier molecular flexibility index (Phi) is 8.99. The third-order valence-electron chi connectivity index (χ3n) is 2.80. The van der Waals surface area contributed by atoms with Gasteiger partial charge in [-0.25, -0.2) is 0 Å². The highest BCUT2D eigenvalue weighted by atomic mass is 16.2. The second kappa shape index (κ2) is 9.69. The lowest BCUT2D eigenvalue weighted by molar-refractivity contribution is 0.0793. The molecule has 0 saturated heterocycles. The molecular formula is C16H27NO. The highest BCUT2D eigenvalue weighted by Gasteiger charge is 2.10. The molecule has 2 heteroatoms. The Hall–Kier alpha value is -1.31. The minimum Gasteiger partial charge on any atom is -0.342 e. The SMILES string of the molecule is CC.CCCCN(C)C(=O)c1ccc(CC)cc1. The maximum atomic E-state index is 12.0. The van der Waals surface area contributed by atoms with Gasteiger partial charge in [0.25, 0.3) is 5.91 Å².